The van der Waals surface area contributed by atoms with Crippen LogP contribution in [0.5, 0.6) is 0 Å². The molecule has 0 saturated carbocycles. The van der Waals surface area contributed by atoms with Crippen LogP contribution in [0.25, 0.3) is 0 Å². The molecule has 24 heavy (non-hydrogen) atoms. The van der Waals surface area contributed by atoms with Gasteiger partial charge in [0.15, 0.2) is 0 Å². The van der Waals surface area contributed by atoms with Gasteiger partial charge >= 0.3 is 6.09 Å². The lowest BCUT2D eigenvalue weighted by Crippen LogP contribution is -2.41. The van der Waals surface area contributed by atoms with E-state index in [1.807, 2.05) is 30.3 Å². The number of hydrogen-bond donors (Lipinski definition) is 0. The van der Waals surface area contributed by atoms with E-state index in [0.29, 0.717) is 6.42 Å². The summed E-state index contributed by atoms with van der Waals surface area (Å²) < 4.78 is 19.0. The first-order chi connectivity index (χ1) is 11.5. The third-order valence-corrected chi connectivity index (χ3v) is 4.09. The summed E-state index contributed by atoms with van der Waals surface area (Å²) in [6.45, 7) is 0.163. The molecule has 0 N–H and O–H groups in total. The normalized spacial score (nSPS) is 17.0. The third-order valence-electron chi connectivity index (χ3n) is 4.09. The smallest absolute Gasteiger partial charge is 0.416 e. The monoisotopic (exact) mass is 325 g/mol. The van der Waals surface area contributed by atoms with E-state index in [4.69, 9.17) is 4.74 Å². The lowest BCUT2D eigenvalue weighted by Gasteiger charge is -2.20. The molecule has 2 aromatic carbocycles. The van der Waals surface area contributed by atoms with Crippen molar-refractivity contribution >= 4 is 25.3 Å². The maximum absolute atomic E-state index is 14.0. The molecule has 0 aromatic heterocycles. The second-order valence-electron chi connectivity index (χ2n) is 5.96. The van der Waals surface area contributed by atoms with Crippen molar-refractivity contribution in [3.05, 3.63) is 65.5 Å². The molecule has 2 aromatic rings. The molecule has 3 rings (SSSR count). The molecule has 1 aliphatic rings. The third kappa shape index (κ3) is 3.48. The predicted molar refractivity (Wildman–Crippen MR) is 90.4 cm³/mol. The zero-order valence-electron chi connectivity index (χ0n) is 13.4. The van der Waals surface area contributed by atoms with Crippen LogP contribution in [0.2, 0.25) is 0 Å². The number of rotatable bonds is 4. The molecule has 1 fully saturated rings. The fourth-order valence-electron chi connectivity index (χ4n) is 2.85. The van der Waals surface area contributed by atoms with Crippen molar-refractivity contribution in [2.24, 2.45) is 0 Å². The van der Waals surface area contributed by atoms with Crippen LogP contribution in [0.3, 0.4) is 0 Å². The molecule has 0 radical (unpaired) electrons. The van der Waals surface area contributed by atoms with Gasteiger partial charge in [0.05, 0.1) is 12.5 Å². The van der Waals surface area contributed by atoms with Crippen molar-refractivity contribution in [1.82, 2.24) is 4.90 Å². The molecular formula is C18H17BFNO3. The molecule has 1 heterocycles. The number of ether oxygens (including phenoxy) is 1. The van der Waals surface area contributed by atoms with Gasteiger partial charge in [-0.1, -0.05) is 47.9 Å². The van der Waals surface area contributed by atoms with Gasteiger partial charge in [0.25, 0.3) is 0 Å². The van der Waals surface area contributed by atoms with E-state index < -0.39 is 17.8 Å². The van der Waals surface area contributed by atoms with Gasteiger partial charge in [-0.3, -0.25) is 4.79 Å². The molecule has 0 bridgehead atoms. The van der Waals surface area contributed by atoms with Crippen LogP contribution >= 0.6 is 0 Å². The van der Waals surface area contributed by atoms with Crippen LogP contribution in [0.4, 0.5) is 9.18 Å². The van der Waals surface area contributed by atoms with E-state index in [0.717, 1.165) is 15.9 Å². The Kier molecular flexibility index (Phi) is 4.65. The molecular weight excluding hydrogens is 308 g/mol. The lowest BCUT2D eigenvalue weighted by molar-refractivity contribution is -0.128. The molecule has 6 heteroatoms. The topological polar surface area (TPSA) is 46.6 Å². The van der Waals surface area contributed by atoms with Crippen molar-refractivity contribution in [2.75, 3.05) is 6.61 Å². The Hall–Kier alpha value is -2.63. The highest BCUT2D eigenvalue weighted by Crippen LogP contribution is 2.19. The summed E-state index contributed by atoms with van der Waals surface area (Å²) in [7, 11) is 1.78. The molecule has 0 unspecified atom stereocenters. The quantitative estimate of drug-likeness (QED) is 0.794. The van der Waals surface area contributed by atoms with Gasteiger partial charge in [-0.15, -0.1) is 0 Å². The minimum atomic E-state index is -0.659. The maximum Gasteiger partial charge on any atom is 0.416 e. The average Bonchev–Trinajstić information content (AvgIpc) is 2.91. The number of carbonyl (C=O) groups excluding carboxylic acids is 2. The minimum Gasteiger partial charge on any atom is -0.447 e. The number of benzene rings is 2. The Bertz CT molecular complexity index is 766. The first-order valence-corrected chi connectivity index (χ1v) is 7.82. The summed E-state index contributed by atoms with van der Waals surface area (Å²) in [5, 5.41) is 0. The molecule has 0 spiro atoms. The first kappa shape index (κ1) is 16.2. The summed E-state index contributed by atoms with van der Waals surface area (Å²) in [6, 6.07) is 13.9. The van der Waals surface area contributed by atoms with E-state index in [2.05, 4.69) is 0 Å². The second-order valence-corrected chi connectivity index (χ2v) is 5.96. The Balaban J connectivity index is 1.75. The minimum absolute atomic E-state index is 0.160. The van der Waals surface area contributed by atoms with Gasteiger partial charge in [-0.25, -0.2) is 14.1 Å². The number of cyclic esters (lactones) is 1. The molecule has 122 valence electrons. The molecule has 0 aliphatic carbocycles. The van der Waals surface area contributed by atoms with Crippen LogP contribution < -0.4 is 5.46 Å². The van der Waals surface area contributed by atoms with Gasteiger partial charge in [0.2, 0.25) is 5.91 Å². The largest absolute Gasteiger partial charge is 0.447 e. The van der Waals surface area contributed by atoms with Gasteiger partial charge in [-0.05, 0) is 23.6 Å². The van der Waals surface area contributed by atoms with Gasteiger partial charge in [0.1, 0.15) is 20.3 Å². The number of hydrogen-bond acceptors (Lipinski definition) is 3. The van der Waals surface area contributed by atoms with Crippen LogP contribution in [0, 0.1) is 5.82 Å². The maximum atomic E-state index is 14.0. The van der Waals surface area contributed by atoms with Crippen molar-refractivity contribution in [3.63, 3.8) is 0 Å². The number of carbonyl (C=O) groups is 2. The van der Waals surface area contributed by atoms with E-state index in [1.54, 1.807) is 20.0 Å². The number of amides is 2. The van der Waals surface area contributed by atoms with Crippen molar-refractivity contribution < 1.29 is 18.7 Å². The predicted octanol–water partition coefficient (Wildman–Crippen LogP) is 1.22. The molecule has 1 atom stereocenters. The van der Waals surface area contributed by atoms with Crippen molar-refractivity contribution in [2.45, 2.75) is 18.9 Å². The van der Waals surface area contributed by atoms with Crippen LogP contribution in [-0.4, -0.2) is 37.4 Å². The van der Waals surface area contributed by atoms with Crippen LogP contribution in [-0.2, 0) is 22.4 Å². The summed E-state index contributed by atoms with van der Waals surface area (Å²) in [5.41, 5.74) is 2.08. The van der Waals surface area contributed by atoms with Crippen LogP contribution in [0.1, 0.15) is 11.1 Å². The zero-order chi connectivity index (χ0) is 17.1. The van der Waals surface area contributed by atoms with Crippen LogP contribution in [0.15, 0.2) is 48.5 Å². The fourth-order valence-corrected chi connectivity index (χ4v) is 2.85. The van der Waals surface area contributed by atoms with E-state index in [9.17, 15) is 14.0 Å². The van der Waals surface area contributed by atoms with E-state index >= 15 is 0 Å². The van der Waals surface area contributed by atoms with Crippen molar-refractivity contribution in [3.8, 4) is 0 Å². The summed E-state index contributed by atoms with van der Waals surface area (Å²) >= 11 is 0. The highest BCUT2D eigenvalue weighted by Gasteiger charge is 2.37. The van der Waals surface area contributed by atoms with Gasteiger partial charge in [0, 0.05) is 0 Å². The van der Waals surface area contributed by atoms with Gasteiger partial charge < -0.3 is 4.74 Å². The molecule has 1 aliphatic heterocycles. The number of nitrogens with zero attached hydrogens (tertiary/aromatic N) is 1. The SMILES string of the molecule is Bc1ccc(CC(=O)N2C(=O)OC[C@@H]2Cc2ccccc2)c(F)c1. The Morgan fingerprint density at radius 3 is 2.71 bits per heavy atom. The van der Waals surface area contributed by atoms with E-state index in [1.165, 1.54) is 6.07 Å². The average molecular weight is 325 g/mol. The van der Waals surface area contributed by atoms with Crippen molar-refractivity contribution in [1.29, 1.82) is 0 Å². The Morgan fingerprint density at radius 2 is 2.00 bits per heavy atom. The van der Waals surface area contributed by atoms with E-state index in [-0.39, 0.29) is 24.6 Å². The lowest BCUT2D eigenvalue weighted by atomic mass is 9.94. The highest BCUT2D eigenvalue weighted by atomic mass is 19.1. The van der Waals surface area contributed by atoms with Gasteiger partial charge in [-0.2, -0.15) is 0 Å². The summed E-state index contributed by atoms with van der Waals surface area (Å²) in [5.74, 6) is -0.878. The molecule has 4 nitrogen and oxygen atoms in total. The fraction of sp³-hybridized carbons (Fsp3) is 0.222. The Labute approximate surface area is 140 Å². The summed E-state index contributed by atoms with van der Waals surface area (Å²) in [4.78, 5) is 25.6. The molecule has 2 amide bonds. The first-order valence-electron chi connectivity index (χ1n) is 7.82. The summed E-state index contributed by atoms with van der Waals surface area (Å²) in [6.07, 6.45) is -0.297. The number of imide groups is 1. The second kappa shape index (κ2) is 6.87. The highest BCUT2D eigenvalue weighted by molar-refractivity contribution is 6.32. The standard InChI is InChI=1S/C18H17BFNO3/c19-14-7-6-13(16(20)10-14)9-17(22)21-15(11-24-18(21)23)8-12-4-2-1-3-5-12/h1-7,10,15H,8-9,11,19H2/t15-/m0/s1. The zero-order valence-corrected chi connectivity index (χ0v) is 13.4. The number of halogens is 1. The Morgan fingerprint density at radius 1 is 1.25 bits per heavy atom. The molecule has 1 saturated heterocycles.